The number of nitrogens with one attached hydrogen (secondary N) is 2. The number of halogens is 1. The van der Waals surface area contributed by atoms with Crippen LogP contribution >= 0.6 is 11.6 Å². The largest absolute Gasteiger partial charge is 0.325 e. The molecule has 0 bridgehead atoms. The van der Waals surface area contributed by atoms with Gasteiger partial charge in [-0.3, -0.25) is 19.3 Å². The molecule has 2 aromatic carbocycles. The molecule has 3 rings (SSSR count). The van der Waals surface area contributed by atoms with Gasteiger partial charge in [-0.1, -0.05) is 41.9 Å². The van der Waals surface area contributed by atoms with Crippen LogP contribution in [0.25, 0.3) is 0 Å². The summed E-state index contributed by atoms with van der Waals surface area (Å²) in [6.07, 6.45) is 0. The summed E-state index contributed by atoms with van der Waals surface area (Å²) in [4.78, 5) is 50.2. The van der Waals surface area contributed by atoms with Gasteiger partial charge in [0.15, 0.2) is 5.78 Å². The Bertz CT molecular complexity index is 991. The Labute approximate surface area is 166 Å². The number of para-hydroxylation sites is 1. The molecule has 2 N–H and O–H groups in total. The summed E-state index contributed by atoms with van der Waals surface area (Å²) in [5, 5.41) is 5.52. The number of rotatable bonds is 5. The zero-order chi connectivity index (χ0) is 20.5. The minimum Gasteiger partial charge on any atom is -0.324 e. The Morgan fingerprint density at radius 3 is 2.43 bits per heavy atom. The molecule has 1 aliphatic rings. The van der Waals surface area contributed by atoms with Crippen molar-refractivity contribution < 1.29 is 19.2 Å². The van der Waals surface area contributed by atoms with Gasteiger partial charge in [-0.25, -0.2) is 4.79 Å². The van der Waals surface area contributed by atoms with Crippen LogP contribution in [0.15, 0.2) is 48.5 Å². The van der Waals surface area contributed by atoms with Gasteiger partial charge < -0.3 is 10.6 Å². The summed E-state index contributed by atoms with van der Waals surface area (Å²) in [7, 11) is 0. The van der Waals surface area contributed by atoms with E-state index >= 15 is 0 Å². The van der Waals surface area contributed by atoms with Crippen molar-refractivity contribution in [3.8, 4) is 0 Å². The number of hydrogen-bond donors (Lipinski definition) is 2. The van der Waals surface area contributed by atoms with Gasteiger partial charge in [-0.2, -0.15) is 0 Å². The fourth-order valence-corrected chi connectivity index (χ4v) is 3.45. The van der Waals surface area contributed by atoms with Crippen LogP contribution in [0.4, 0.5) is 10.5 Å². The molecule has 1 fully saturated rings. The van der Waals surface area contributed by atoms with Crippen LogP contribution in [-0.2, 0) is 15.1 Å². The van der Waals surface area contributed by atoms with E-state index in [1.54, 1.807) is 48.5 Å². The Morgan fingerprint density at radius 1 is 1.11 bits per heavy atom. The van der Waals surface area contributed by atoms with Crippen LogP contribution in [0.2, 0.25) is 5.02 Å². The van der Waals surface area contributed by atoms with Crippen LogP contribution in [0.5, 0.6) is 0 Å². The number of imide groups is 1. The van der Waals surface area contributed by atoms with Crippen molar-refractivity contribution in [2.24, 2.45) is 0 Å². The Balaban J connectivity index is 1.79. The SMILES string of the molecule is CC(=O)c1ccccc1NC(=O)CN1C(=O)N[C@](C)(c2ccccc2Cl)C1=O. The number of anilines is 1. The van der Waals surface area contributed by atoms with Gasteiger partial charge in [-0.05, 0) is 32.0 Å². The highest BCUT2D eigenvalue weighted by molar-refractivity contribution is 6.32. The number of nitrogens with zero attached hydrogens (tertiary/aromatic N) is 1. The number of urea groups is 1. The summed E-state index contributed by atoms with van der Waals surface area (Å²) in [5.41, 5.74) is -0.262. The summed E-state index contributed by atoms with van der Waals surface area (Å²) >= 11 is 6.18. The van der Waals surface area contributed by atoms with Crippen LogP contribution in [0.3, 0.4) is 0 Å². The highest BCUT2D eigenvalue weighted by Crippen LogP contribution is 2.33. The molecule has 2 aromatic rings. The van der Waals surface area contributed by atoms with Gasteiger partial charge in [0.2, 0.25) is 5.91 Å². The van der Waals surface area contributed by atoms with E-state index in [0.29, 0.717) is 21.8 Å². The van der Waals surface area contributed by atoms with Gasteiger partial charge in [0.05, 0.1) is 5.69 Å². The Hall–Kier alpha value is -3.19. The van der Waals surface area contributed by atoms with E-state index in [4.69, 9.17) is 11.6 Å². The molecular weight excluding hydrogens is 382 g/mol. The van der Waals surface area contributed by atoms with Crippen molar-refractivity contribution in [2.75, 3.05) is 11.9 Å². The average molecular weight is 400 g/mol. The maximum absolute atomic E-state index is 12.9. The minimum atomic E-state index is -1.37. The van der Waals surface area contributed by atoms with E-state index in [1.165, 1.54) is 13.8 Å². The number of benzene rings is 2. The van der Waals surface area contributed by atoms with Crippen molar-refractivity contribution in [1.29, 1.82) is 0 Å². The average Bonchev–Trinajstić information content (AvgIpc) is 2.86. The predicted molar refractivity (Wildman–Crippen MR) is 104 cm³/mol. The molecule has 0 radical (unpaired) electrons. The molecule has 0 spiro atoms. The molecule has 8 heteroatoms. The molecule has 28 heavy (non-hydrogen) atoms. The molecule has 144 valence electrons. The van der Waals surface area contributed by atoms with Gasteiger partial charge in [0.25, 0.3) is 5.91 Å². The molecular formula is C20H18ClN3O4. The number of ketones is 1. The quantitative estimate of drug-likeness (QED) is 0.596. The van der Waals surface area contributed by atoms with Crippen LogP contribution in [0.1, 0.15) is 29.8 Å². The molecule has 7 nitrogen and oxygen atoms in total. The first-order valence-electron chi connectivity index (χ1n) is 8.53. The van der Waals surface area contributed by atoms with E-state index < -0.39 is 29.9 Å². The molecule has 0 aliphatic carbocycles. The second-order valence-electron chi connectivity index (χ2n) is 6.58. The van der Waals surface area contributed by atoms with Crippen molar-refractivity contribution >= 4 is 40.9 Å². The van der Waals surface area contributed by atoms with Crippen LogP contribution < -0.4 is 10.6 Å². The summed E-state index contributed by atoms with van der Waals surface area (Å²) < 4.78 is 0. The zero-order valence-corrected chi connectivity index (χ0v) is 16.0. The topological polar surface area (TPSA) is 95.6 Å². The highest BCUT2D eigenvalue weighted by Gasteiger charge is 2.50. The van der Waals surface area contributed by atoms with Crippen LogP contribution in [0, 0.1) is 0 Å². The monoisotopic (exact) mass is 399 g/mol. The molecule has 4 amide bonds. The lowest BCUT2D eigenvalue weighted by atomic mass is 9.92. The van der Waals surface area contributed by atoms with Gasteiger partial charge in [0.1, 0.15) is 12.1 Å². The smallest absolute Gasteiger partial charge is 0.324 e. The second kappa shape index (κ2) is 7.44. The number of carbonyl (C=O) groups excluding carboxylic acids is 4. The van der Waals surface area contributed by atoms with E-state index in [1.807, 2.05) is 0 Å². The van der Waals surface area contributed by atoms with Crippen molar-refractivity contribution in [3.05, 3.63) is 64.7 Å². The number of carbonyl (C=O) groups is 4. The molecule has 1 atom stereocenters. The second-order valence-corrected chi connectivity index (χ2v) is 6.98. The predicted octanol–water partition coefficient (Wildman–Crippen LogP) is 2.95. The first-order valence-corrected chi connectivity index (χ1v) is 8.91. The standard InChI is InChI=1S/C20H18ClN3O4/c1-12(25)13-7-3-6-10-16(13)22-17(26)11-24-18(27)20(2,23-19(24)28)14-8-4-5-9-15(14)21/h3-10H,11H2,1-2H3,(H,22,26)(H,23,28)/t20-/m1/s1. The van der Waals surface area contributed by atoms with Crippen molar-refractivity contribution in [2.45, 2.75) is 19.4 Å². The maximum Gasteiger partial charge on any atom is 0.325 e. The zero-order valence-electron chi connectivity index (χ0n) is 15.3. The third kappa shape index (κ3) is 3.48. The molecule has 1 aliphatic heterocycles. The fraction of sp³-hybridized carbons (Fsp3) is 0.200. The number of amides is 4. The molecule has 0 saturated carbocycles. The maximum atomic E-state index is 12.9. The summed E-state index contributed by atoms with van der Waals surface area (Å²) in [6, 6.07) is 12.5. The molecule has 1 saturated heterocycles. The van der Waals surface area contributed by atoms with Gasteiger partial charge in [0, 0.05) is 16.1 Å². The molecule has 0 unspecified atom stereocenters. The van der Waals surface area contributed by atoms with Crippen molar-refractivity contribution in [1.82, 2.24) is 10.2 Å². The third-order valence-electron chi connectivity index (χ3n) is 4.57. The minimum absolute atomic E-state index is 0.211. The first kappa shape index (κ1) is 19.6. The van der Waals surface area contributed by atoms with E-state index in [-0.39, 0.29) is 5.78 Å². The van der Waals surface area contributed by atoms with Crippen molar-refractivity contribution in [3.63, 3.8) is 0 Å². The number of Topliss-reactive ketones (excluding diaryl/α,β-unsaturated/α-hetero) is 1. The summed E-state index contributed by atoms with van der Waals surface area (Å²) in [6.45, 7) is 2.44. The van der Waals surface area contributed by atoms with E-state index in [0.717, 1.165) is 4.90 Å². The van der Waals surface area contributed by atoms with Gasteiger partial charge in [-0.15, -0.1) is 0 Å². The lowest BCUT2D eigenvalue weighted by Gasteiger charge is -2.23. The lowest BCUT2D eigenvalue weighted by molar-refractivity contribution is -0.133. The normalized spacial score (nSPS) is 18.8. The number of hydrogen-bond acceptors (Lipinski definition) is 4. The highest BCUT2D eigenvalue weighted by atomic mass is 35.5. The fourth-order valence-electron chi connectivity index (χ4n) is 3.12. The van der Waals surface area contributed by atoms with E-state index in [2.05, 4.69) is 10.6 Å². The summed E-state index contributed by atoms with van der Waals surface area (Å²) in [5.74, 6) is -1.39. The lowest BCUT2D eigenvalue weighted by Crippen LogP contribution is -2.42. The Kier molecular flexibility index (Phi) is 5.20. The molecule has 0 aromatic heterocycles. The Morgan fingerprint density at radius 2 is 1.75 bits per heavy atom. The van der Waals surface area contributed by atoms with Gasteiger partial charge >= 0.3 is 6.03 Å². The van der Waals surface area contributed by atoms with Crippen LogP contribution in [-0.4, -0.2) is 35.1 Å². The van der Waals surface area contributed by atoms with E-state index in [9.17, 15) is 19.2 Å². The third-order valence-corrected chi connectivity index (χ3v) is 4.90. The molecule has 1 heterocycles. The first-order chi connectivity index (χ1) is 13.2.